The number of alkyl halides is 3. The molecule has 30 heavy (non-hydrogen) atoms. The van der Waals surface area contributed by atoms with Crippen LogP contribution in [0.15, 0.2) is 34.8 Å². The third-order valence-electron chi connectivity index (χ3n) is 4.71. The summed E-state index contributed by atoms with van der Waals surface area (Å²) in [6.07, 6.45) is -6.25. The number of fused-ring (bicyclic) bond motifs is 3. The fourth-order valence-electron chi connectivity index (χ4n) is 3.69. The highest BCUT2D eigenvalue weighted by Crippen LogP contribution is 2.47. The zero-order valence-electron chi connectivity index (χ0n) is 14.7. The number of halogens is 6. The standard InChI is InChI=1S/C18H11BrClF4N3O3/c19-7-4-12-10(5-9(7)21)25-16-11(26-17(28)29)6-13(27(12)16)15-8(20)2-1-3-14(15)30-18(22,23)24/h1-5,11,13,26H,6H2,(H,28,29)/t11-,13-/m1/s1. The molecule has 2 aromatic carbocycles. The molecule has 1 amide bonds. The number of ether oxygens (including phenoxy) is 1. The molecule has 0 spiro atoms. The molecule has 0 aliphatic carbocycles. The Hall–Kier alpha value is -2.53. The van der Waals surface area contributed by atoms with E-state index in [2.05, 4.69) is 31.0 Å². The molecule has 158 valence electrons. The molecule has 0 saturated heterocycles. The fourth-order valence-corrected chi connectivity index (χ4v) is 4.31. The quantitative estimate of drug-likeness (QED) is 0.439. The highest BCUT2D eigenvalue weighted by Gasteiger charge is 2.40. The van der Waals surface area contributed by atoms with Crippen LogP contribution >= 0.6 is 27.5 Å². The van der Waals surface area contributed by atoms with Crippen LogP contribution < -0.4 is 10.1 Å². The van der Waals surface area contributed by atoms with Gasteiger partial charge in [-0.1, -0.05) is 17.7 Å². The van der Waals surface area contributed by atoms with E-state index in [1.54, 1.807) is 4.57 Å². The topological polar surface area (TPSA) is 76.4 Å². The van der Waals surface area contributed by atoms with E-state index in [9.17, 15) is 22.4 Å². The van der Waals surface area contributed by atoms with E-state index < -0.39 is 36.1 Å². The largest absolute Gasteiger partial charge is 0.573 e. The molecule has 1 aliphatic rings. The molecule has 0 unspecified atom stereocenters. The summed E-state index contributed by atoms with van der Waals surface area (Å²) in [5.74, 6) is -0.866. The monoisotopic (exact) mass is 507 g/mol. The summed E-state index contributed by atoms with van der Waals surface area (Å²) in [6, 6.07) is 4.74. The molecular formula is C18H11BrClF4N3O3. The molecule has 0 fully saturated rings. The highest BCUT2D eigenvalue weighted by molar-refractivity contribution is 9.10. The predicted molar refractivity (Wildman–Crippen MR) is 102 cm³/mol. The summed E-state index contributed by atoms with van der Waals surface area (Å²) in [7, 11) is 0. The first-order chi connectivity index (χ1) is 14.0. The van der Waals surface area contributed by atoms with Gasteiger partial charge in [0.2, 0.25) is 0 Å². The molecule has 0 radical (unpaired) electrons. The Kier molecular flexibility index (Phi) is 5.05. The third kappa shape index (κ3) is 3.67. The summed E-state index contributed by atoms with van der Waals surface area (Å²) in [4.78, 5) is 15.5. The van der Waals surface area contributed by atoms with Crippen molar-refractivity contribution >= 4 is 44.7 Å². The number of imidazole rings is 1. The Morgan fingerprint density at radius 1 is 1.37 bits per heavy atom. The smallest absolute Gasteiger partial charge is 0.465 e. The van der Waals surface area contributed by atoms with Gasteiger partial charge in [0.1, 0.15) is 17.4 Å². The number of amides is 1. The lowest BCUT2D eigenvalue weighted by Crippen LogP contribution is -2.25. The van der Waals surface area contributed by atoms with Crippen molar-refractivity contribution in [1.29, 1.82) is 0 Å². The predicted octanol–water partition coefficient (Wildman–Crippen LogP) is 5.79. The van der Waals surface area contributed by atoms with Crippen molar-refractivity contribution in [1.82, 2.24) is 14.9 Å². The van der Waals surface area contributed by atoms with Crippen LogP contribution in [0.25, 0.3) is 11.0 Å². The van der Waals surface area contributed by atoms with Crippen molar-refractivity contribution in [2.45, 2.75) is 24.9 Å². The van der Waals surface area contributed by atoms with E-state index in [1.165, 1.54) is 18.2 Å². The Morgan fingerprint density at radius 2 is 2.10 bits per heavy atom. The minimum atomic E-state index is -4.96. The second-order valence-corrected chi connectivity index (χ2v) is 7.81. The van der Waals surface area contributed by atoms with E-state index in [0.29, 0.717) is 5.52 Å². The fraction of sp³-hybridized carbons (Fsp3) is 0.222. The summed E-state index contributed by atoms with van der Waals surface area (Å²) < 4.78 is 58.7. The van der Waals surface area contributed by atoms with E-state index in [0.717, 1.165) is 12.1 Å². The summed E-state index contributed by atoms with van der Waals surface area (Å²) in [5, 5.41) is 11.5. The third-order valence-corrected chi connectivity index (χ3v) is 5.65. The Bertz CT molecular complexity index is 1170. The maximum absolute atomic E-state index is 14.0. The first-order valence-electron chi connectivity index (χ1n) is 8.45. The van der Waals surface area contributed by atoms with Gasteiger partial charge in [-0.05, 0) is 34.1 Å². The summed E-state index contributed by atoms with van der Waals surface area (Å²) in [6.45, 7) is 0. The van der Waals surface area contributed by atoms with E-state index in [1.807, 2.05) is 0 Å². The van der Waals surface area contributed by atoms with Gasteiger partial charge in [-0.2, -0.15) is 0 Å². The van der Waals surface area contributed by atoms with Crippen LogP contribution in [-0.2, 0) is 0 Å². The average molecular weight is 509 g/mol. The molecule has 4 rings (SSSR count). The Balaban J connectivity index is 1.94. The zero-order valence-corrected chi connectivity index (χ0v) is 17.0. The lowest BCUT2D eigenvalue weighted by Gasteiger charge is -2.21. The molecule has 1 aromatic heterocycles. The van der Waals surface area contributed by atoms with Gasteiger partial charge in [0.05, 0.1) is 27.6 Å². The van der Waals surface area contributed by atoms with Gasteiger partial charge in [-0.25, -0.2) is 14.2 Å². The van der Waals surface area contributed by atoms with Gasteiger partial charge in [0, 0.05) is 23.1 Å². The van der Waals surface area contributed by atoms with Crippen molar-refractivity contribution in [3.8, 4) is 5.75 Å². The SMILES string of the molecule is O=C(O)N[C@@H]1C[C@H](c2c(Cl)cccc2OC(F)(F)F)n2c1nc1cc(F)c(Br)cc12. The van der Waals surface area contributed by atoms with Crippen molar-refractivity contribution < 1.29 is 32.2 Å². The van der Waals surface area contributed by atoms with E-state index in [-0.39, 0.29) is 32.8 Å². The summed E-state index contributed by atoms with van der Waals surface area (Å²) in [5.41, 5.74) is 0.640. The number of carboxylic acid groups (broad SMARTS) is 1. The number of hydrogen-bond donors (Lipinski definition) is 2. The molecule has 2 N–H and O–H groups in total. The average Bonchev–Trinajstić information content (AvgIpc) is 3.12. The van der Waals surface area contributed by atoms with Gasteiger partial charge in [-0.3, -0.25) is 0 Å². The maximum atomic E-state index is 14.0. The van der Waals surface area contributed by atoms with Gasteiger partial charge >= 0.3 is 12.5 Å². The molecule has 6 nitrogen and oxygen atoms in total. The van der Waals surface area contributed by atoms with E-state index in [4.69, 9.17) is 16.7 Å². The number of benzene rings is 2. The number of hydrogen-bond acceptors (Lipinski definition) is 3. The number of carbonyl (C=O) groups is 1. The Labute approximate surface area is 179 Å². The molecule has 0 saturated carbocycles. The van der Waals surface area contributed by atoms with Crippen LogP contribution in [0.4, 0.5) is 22.4 Å². The molecule has 12 heteroatoms. The van der Waals surface area contributed by atoms with Crippen molar-refractivity contribution in [3.05, 3.63) is 57.0 Å². The van der Waals surface area contributed by atoms with Gasteiger partial charge in [0.25, 0.3) is 0 Å². The first-order valence-corrected chi connectivity index (χ1v) is 9.62. The van der Waals surface area contributed by atoms with Crippen LogP contribution in [0.2, 0.25) is 5.02 Å². The molecule has 3 aromatic rings. The number of rotatable bonds is 3. The second-order valence-electron chi connectivity index (χ2n) is 6.55. The lowest BCUT2D eigenvalue weighted by molar-refractivity contribution is -0.275. The van der Waals surface area contributed by atoms with Crippen molar-refractivity contribution in [3.63, 3.8) is 0 Å². The number of nitrogens with one attached hydrogen (secondary N) is 1. The molecule has 1 aliphatic heterocycles. The van der Waals surface area contributed by atoms with Crippen LogP contribution in [0, 0.1) is 5.82 Å². The highest BCUT2D eigenvalue weighted by atomic mass is 79.9. The molecule has 0 bridgehead atoms. The van der Waals surface area contributed by atoms with E-state index >= 15 is 0 Å². The lowest BCUT2D eigenvalue weighted by atomic mass is 10.0. The van der Waals surface area contributed by atoms with Gasteiger partial charge < -0.3 is 19.7 Å². The van der Waals surface area contributed by atoms with Crippen molar-refractivity contribution in [2.75, 3.05) is 0 Å². The minimum absolute atomic E-state index is 0.00621. The van der Waals surface area contributed by atoms with Crippen LogP contribution in [-0.4, -0.2) is 27.1 Å². The molecule has 2 atom stereocenters. The molecule has 2 heterocycles. The normalized spacial score (nSPS) is 18.5. The van der Waals surface area contributed by atoms with Crippen LogP contribution in [0.5, 0.6) is 5.75 Å². The van der Waals surface area contributed by atoms with Crippen LogP contribution in [0.1, 0.15) is 29.9 Å². The first kappa shape index (κ1) is 20.7. The maximum Gasteiger partial charge on any atom is 0.573 e. The number of aromatic nitrogens is 2. The number of nitrogens with zero attached hydrogens (tertiary/aromatic N) is 2. The van der Waals surface area contributed by atoms with Gasteiger partial charge in [0.15, 0.2) is 0 Å². The van der Waals surface area contributed by atoms with Crippen molar-refractivity contribution in [2.24, 2.45) is 0 Å². The van der Waals surface area contributed by atoms with Gasteiger partial charge in [-0.15, -0.1) is 13.2 Å². The molecular weight excluding hydrogens is 498 g/mol. The van der Waals surface area contributed by atoms with Crippen LogP contribution in [0.3, 0.4) is 0 Å². The summed E-state index contributed by atoms with van der Waals surface area (Å²) >= 11 is 9.33. The minimum Gasteiger partial charge on any atom is -0.465 e. The second kappa shape index (κ2) is 7.31. The Morgan fingerprint density at radius 3 is 2.77 bits per heavy atom. The zero-order chi connectivity index (χ0) is 21.8.